The van der Waals surface area contributed by atoms with Gasteiger partial charge in [-0.15, -0.1) is 0 Å². The molecule has 2 aromatic heterocycles. The summed E-state index contributed by atoms with van der Waals surface area (Å²) in [5, 5.41) is 0. The van der Waals surface area contributed by atoms with Gasteiger partial charge in [0.05, 0.1) is 17.9 Å². The standard InChI is InChI=1S/C21H19FN2O2/c1-2-26-21(25)19-18(14-9-11-23-12-10-14)17-4-3-13-24(17)20(19)15-5-7-16(22)8-6-15/h5-12H,2-4,13H2,1H3. The number of rotatable bonds is 4. The molecule has 1 aliphatic rings. The second-order valence-corrected chi connectivity index (χ2v) is 6.26. The van der Waals surface area contributed by atoms with E-state index in [1.165, 1.54) is 12.1 Å². The molecule has 0 unspecified atom stereocenters. The maximum Gasteiger partial charge on any atom is 0.340 e. The van der Waals surface area contributed by atoms with E-state index in [0.717, 1.165) is 47.5 Å². The number of fused-ring (bicyclic) bond motifs is 1. The summed E-state index contributed by atoms with van der Waals surface area (Å²) in [6.07, 6.45) is 5.36. The monoisotopic (exact) mass is 350 g/mol. The van der Waals surface area contributed by atoms with Crippen molar-refractivity contribution in [2.24, 2.45) is 0 Å². The lowest BCUT2D eigenvalue weighted by Gasteiger charge is -2.10. The van der Waals surface area contributed by atoms with Gasteiger partial charge in [-0.1, -0.05) is 0 Å². The molecule has 26 heavy (non-hydrogen) atoms. The predicted octanol–water partition coefficient (Wildman–Crippen LogP) is 4.48. The Balaban J connectivity index is 2.01. The average molecular weight is 350 g/mol. The molecule has 4 rings (SSSR count). The van der Waals surface area contributed by atoms with Crippen LogP contribution in [0.5, 0.6) is 0 Å². The van der Waals surface area contributed by atoms with Crippen molar-refractivity contribution < 1.29 is 13.9 Å². The van der Waals surface area contributed by atoms with Crippen molar-refractivity contribution in [1.29, 1.82) is 0 Å². The minimum atomic E-state index is -0.347. The number of hydrogen-bond donors (Lipinski definition) is 0. The molecule has 0 N–H and O–H groups in total. The van der Waals surface area contributed by atoms with E-state index < -0.39 is 0 Å². The van der Waals surface area contributed by atoms with Crippen molar-refractivity contribution in [3.8, 4) is 22.4 Å². The molecule has 0 fully saturated rings. The predicted molar refractivity (Wildman–Crippen MR) is 97.3 cm³/mol. The molecule has 1 aromatic carbocycles. The highest BCUT2D eigenvalue weighted by Crippen LogP contribution is 2.41. The number of carbonyl (C=O) groups is 1. The average Bonchev–Trinajstić information content (AvgIpc) is 3.23. The number of hydrogen-bond acceptors (Lipinski definition) is 3. The fourth-order valence-electron chi connectivity index (χ4n) is 3.72. The maximum atomic E-state index is 13.4. The lowest BCUT2D eigenvalue weighted by atomic mass is 9.97. The van der Waals surface area contributed by atoms with Gasteiger partial charge in [-0.2, -0.15) is 0 Å². The van der Waals surface area contributed by atoms with Crippen molar-refractivity contribution in [2.75, 3.05) is 6.61 Å². The molecule has 3 heterocycles. The Labute approximate surface area is 151 Å². The molecular weight excluding hydrogens is 331 g/mol. The van der Waals surface area contributed by atoms with Crippen LogP contribution < -0.4 is 0 Å². The molecule has 132 valence electrons. The maximum absolute atomic E-state index is 13.4. The number of aromatic nitrogens is 2. The van der Waals surface area contributed by atoms with Gasteiger partial charge in [-0.3, -0.25) is 4.98 Å². The Bertz CT molecular complexity index is 946. The van der Waals surface area contributed by atoms with Crippen LogP contribution in [0.25, 0.3) is 22.4 Å². The lowest BCUT2D eigenvalue weighted by Crippen LogP contribution is -2.08. The van der Waals surface area contributed by atoms with E-state index in [-0.39, 0.29) is 11.8 Å². The van der Waals surface area contributed by atoms with Gasteiger partial charge in [-0.25, -0.2) is 9.18 Å². The first-order valence-electron chi connectivity index (χ1n) is 8.79. The largest absolute Gasteiger partial charge is 0.462 e. The first-order chi connectivity index (χ1) is 12.7. The van der Waals surface area contributed by atoms with Crippen molar-refractivity contribution >= 4 is 5.97 Å². The zero-order valence-electron chi connectivity index (χ0n) is 14.5. The normalized spacial score (nSPS) is 12.8. The van der Waals surface area contributed by atoms with Crippen molar-refractivity contribution in [3.63, 3.8) is 0 Å². The minimum absolute atomic E-state index is 0.297. The van der Waals surface area contributed by atoms with Gasteiger partial charge in [0.2, 0.25) is 0 Å². The molecule has 0 spiro atoms. The molecule has 0 saturated heterocycles. The van der Waals surface area contributed by atoms with E-state index in [2.05, 4.69) is 9.55 Å². The van der Waals surface area contributed by atoms with Gasteiger partial charge < -0.3 is 9.30 Å². The molecule has 0 radical (unpaired) electrons. The van der Waals surface area contributed by atoms with Crippen molar-refractivity contribution in [2.45, 2.75) is 26.3 Å². The third-order valence-electron chi connectivity index (χ3n) is 4.73. The van der Waals surface area contributed by atoms with Crippen LogP contribution in [0.2, 0.25) is 0 Å². The highest BCUT2D eigenvalue weighted by Gasteiger charge is 2.31. The van der Waals surface area contributed by atoms with Gasteiger partial charge in [-0.05, 0) is 67.3 Å². The molecule has 5 heteroatoms. The topological polar surface area (TPSA) is 44.1 Å². The quantitative estimate of drug-likeness (QED) is 0.652. The molecule has 0 saturated carbocycles. The highest BCUT2D eigenvalue weighted by atomic mass is 19.1. The minimum Gasteiger partial charge on any atom is -0.462 e. The summed E-state index contributed by atoms with van der Waals surface area (Å²) in [5.74, 6) is -0.644. The summed E-state index contributed by atoms with van der Waals surface area (Å²) in [5.41, 5.74) is 5.16. The number of ether oxygens (including phenoxy) is 1. The molecule has 0 aliphatic carbocycles. The van der Waals surface area contributed by atoms with Crippen LogP contribution in [-0.2, 0) is 17.7 Å². The number of benzene rings is 1. The van der Waals surface area contributed by atoms with Gasteiger partial charge in [0.15, 0.2) is 0 Å². The van der Waals surface area contributed by atoms with Gasteiger partial charge >= 0.3 is 5.97 Å². The van der Waals surface area contributed by atoms with Crippen molar-refractivity contribution in [3.05, 3.63) is 65.9 Å². The number of nitrogens with zero attached hydrogens (tertiary/aromatic N) is 2. The second kappa shape index (κ2) is 6.75. The van der Waals surface area contributed by atoms with Crippen LogP contribution in [0.4, 0.5) is 4.39 Å². The fourth-order valence-corrected chi connectivity index (χ4v) is 3.72. The summed E-state index contributed by atoms with van der Waals surface area (Å²) in [4.78, 5) is 17.0. The molecular formula is C21H19FN2O2. The summed E-state index contributed by atoms with van der Waals surface area (Å²) in [7, 11) is 0. The van der Waals surface area contributed by atoms with E-state index >= 15 is 0 Å². The third-order valence-corrected chi connectivity index (χ3v) is 4.73. The van der Waals surface area contributed by atoms with Crippen molar-refractivity contribution in [1.82, 2.24) is 9.55 Å². The first-order valence-corrected chi connectivity index (χ1v) is 8.79. The molecule has 1 aliphatic heterocycles. The van der Waals surface area contributed by atoms with Crippen LogP contribution >= 0.6 is 0 Å². The smallest absolute Gasteiger partial charge is 0.340 e. The van der Waals surface area contributed by atoms with Crippen LogP contribution in [0.3, 0.4) is 0 Å². The molecule has 0 bridgehead atoms. The zero-order valence-corrected chi connectivity index (χ0v) is 14.5. The summed E-state index contributed by atoms with van der Waals surface area (Å²) in [6.45, 7) is 2.93. The summed E-state index contributed by atoms with van der Waals surface area (Å²) < 4.78 is 21.0. The van der Waals surface area contributed by atoms with Gasteiger partial charge in [0.1, 0.15) is 5.82 Å². The Kier molecular flexibility index (Phi) is 4.29. The van der Waals surface area contributed by atoms with Gasteiger partial charge in [0.25, 0.3) is 0 Å². The zero-order chi connectivity index (χ0) is 18.1. The number of pyridine rings is 1. The molecule has 3 aromatic rings. The Hall–Kier alpha value is -2.95. The van der Waals surface area contributed by atoms with Crippen LogP contribution in [0.15, 0.2) is 48.8 Å². The van der Waals surface area contributed by atoms with E-state index in [9.17, 15) is 9.18 Å². The number of halogens is 1. The molecule has 0 atom stereocenters. The Morgan fingerprint density at radius 1 is 1.15 bits per heavy atom. The highest BCUT2D eigenvalue weighted by molar-refractivity contribution is 6.05. The number of esters is 1. The lowest BCUT2D eigenvalue weighted by molar-refractivity contribution is 0.0528. The Morgan fingerprint density at radius 3 is 2.58 bits per heavy atom. The van der Waals surface area contributed by atoms with E-state index in [1.54, 1.807) is 31.5 Å². The summed E-state index contributed by atoms with van der Waals surface area (Å²) >= 11 is 0. The summed E-state index contributed by atoms with van der Waals surface area (Å²) in [6, 6.07) is 10.1. The SMILES string of the molecule is CCOC(=O)c1c(-c2ccncc2)c2n(c1-c1ccc(F)cc1)CCC2. The Morgan fingerprint density at radius 2 is 1.88 bits per heavy atom. The fraction of sp³-hybridized carbons (Fsp3) is 0.238. The van der Waals surface area contributed by atoms with E-state index in [0.29, 0.717) is 12.2 Å². The van der Waals surface area contributed by atoms with Crippen LogP contribution in [-0.4, -0.2) is 22.1 Å². The van der Waals surface area contributed by atoms with E-state index in [1.807, 2.05) is 12.1 Å². The first kappa shape index (κ1) is 16.5. The van der Waals surface area contributed by atoms with Crippen LogP contribution in [0, 0.1) is 5.82 Å². The van der Waals surface area contributed by atoms with E-state index in [4.69, 9.17) is 4.74 Å². The number of carbonyl (C=O) groups excluding carboxylic acids is 1. The molecule has 4 nitrogen and oxygen atoms in total. The second-order valence-electron chi connectivity index (χ2n) is 6.26. The van der Waals surface area contributed by atoms with Gasteiger partial charge in [0, 0.05) is 30.2 Å². The van der Waals surface area contributed by atoms with Crippen LogP contribution in [0.1, 0.15) is 29.4 Å². The third kappa shape index (κ3) is 2.69. The molecule has 0 amide bonds.